The number of likely N-dealkylation sites (N-methyl/N-ethyl adjacent to an activating group) is 1. The molecule has 3 heteroatoms. The van der Waals surface area contributed by atoms with Gasteiger partial charge in [0.05, 0.1) is 6.04 Å². The molecular weight excluding hydrogens is 284 g/mol. The molecule has 1 aromatic rings. The van der Waals surface area contributed by atoms with Crippen LogP contribution in [0.1, 0.15) is 38.2 Å². The topological polar surface area (TPSA) is 26.7 Å². The molecule has 5 fully saturated rings. The lowest BCUT2D eigenvalue weighted by molar-refractivity contribution is -0.207. The third kappa shape index (κ3) is 1.24. The van der Waals surface area contributed by atoms with Crippen molar-refractivity contribution in [2.24, 2.45) is 17.8 Å². The lowest BCUT2D eigenvalue weighted by atomic mass is 9.62. The van der Waals surface area contributed by atoms with Gasteiger partial charge in [-0.25, -0.2) is 0 Å². The van der Waals surface area contributed by atoms with Crippen molar-refractivity contribution < 1.29 is 5.11 Å². The first-order valence-corrected chi connectivity index (χ1v) is 9.45. The summed E-state index contributed by atoms with van der Waals surface area (Å²) in [5.74, 6) is 2.06. The van der Waals surface area contributed by atoms with Crippen molar-refractivity contribution in [3.63, 3.8) is 0 Å². The van der Waals surface area contributed by atoms with E-state index >= 15 is 0 Å². The summed E-state index contributed by atoms with van der Waals surface area (Å²) in [6.07, 6.45) is 4.86. The van der Waals surface area contributed by atoms with Gasteiger partial charge in [-0.15, -0.1) is 0 Å². The van der Waals surface area contributed by atoms with Crippen molar-refractivity contribution >= 4 is 5.69 Å². The average molecular weight is 310 g/mol. The van der Waals surface area contributed by atoms with E-state index in [1.54, 1.807) is 5.56 Å². The highest BCUT2D eigenvalue weighted by atomic mass is 16.3. The summed E-state index contributed by atoms with van der Waals surface area (Å²) in [6.45, 7) is 2.27. The van der Waals surface area contributed by atoms with E-state index in [0.29, 0.717) is 29.5 Å². The van der Waals surface area contributed by atoms with E-state index in [1.165, 1.54) is 24.9 Å². The summed E-state index contributed by atoms with van der Waals surface area (Å²) in [7, 11) is 2.29. The summed E-state index contributed by atoms with van der Waals surface area (Å²) in [6, 6.07) is 10.9. The number of aliphatic hydroxyl groups excluding tert-OH is 1. The van der Waals surface area contributed by atoms with Gasteiger partial charge in [0.2, 0.25) is 0 Å². The zero-order chi connectivity index (χ0) is 15.5. The molecule has 0 aromatic heterocycles. The van der Waals surface area contributed by atoms with Gasteiger partial charge in [-0.3, -0.25) is 4.90 Å². The van der Waals surface area contributed by atoms with Crippen LogP contribution in [-0.2, 0) is 5.41 Å². The minimum absolute atomic E-state index is 0.196. The number of rotatable bonds is 1. The van der Waals surface area contributed by atoms with E-state index in [0.717, 1.165) is 18.3 Å². The molecule has 1 aliphatic carbocycles. The van der Waals surface area contributed by atoms with Gasteiger partial charge in [0.1, 0.15) is 6.23 Å². The number of hydrogen-bond donors (Lipinski definition) is 1. The fourth-order valence-electron chi connectivity index (χ4n) is 7.85. The fourth-order valence-corrected chi connectivity index (χ4v) is 7.85. The van der Waals surface area contributed by atoms with Gasteiger partial charge in [-0.05, 0) is 49.1 Å². The minimum atomic E-state index is -0.196. The summed E-state index contributed by atoms with van der Waals surface area (Å²) < 4.78 is 0. The van der Waals surface area contributed by atoms with Gasteiger partial charge in [0.15, 0.2) is 0 Å². The molecule has 0 radical (unpaired) electrons. The molecule has 9 atom stereocenters. The smallest absolute Gasteiger partial charge is 0.111 e. The highest BCUT2D eigenvalue weighted by Gasteiger charge is 2.72. The number of para-hydroxylation sites is 1. The molecular formula is C20H26N2O. The number of anilines is 1. The average Bonchev–Trinajstić information content (AvgIpc) is 2.99. The Morgan fingerprint density at radius 1 is 1.17 bits per heavy atom. The number of benzene rings is 1. The zero-order valence-electron chi connectivity index (χ0n) is 14.0. The van der Waals surface area contributed by atoms with Gasteiger partial charge in [0, 0.05) is 36.2 Å². The lowest BCUT2D eigenvalue weighted by Gasteiger charge is -2.62. The molecule has 1 N–H and O–H groups in total. The second-order valence-electron chi connectivity index (χ2n) is 8.77. The predicted octanol–water partition coefficient (Wildman–Crippen LogP) is 2.58. The van der Waals surface area contributed by atoms with Crippen LogP contribution in [0.5, 0.6) is 0 Å². The normalized spacial score (nSPS) is 54.5. The fraction of sp³-hybridized carbons (Fsp3) is 0.700. The Hall–Kier alpha value is -1.06. The summed E-state index contributed by atoms with van der Waals surface area (Å²) >= 11 is 0. The van der Waals surface area contributed by atoms with Crippen LogP contribution in [0.15, 0.2) is 24.3 Å². The largest absolute Gasteiger partial charge is 0.378 e. The first-order valence-electron chi connectivity index (χ1n) is 9.45. The second kappa shape index (κ2) is 3.94. The molecule has 5 aliphatic heterocycles. The third-order valence-corrected chi connectivity index (χ3v) is 8.38. The maximum Gasteiger partial charge on any atom is 0.111 e. The summed E-state index contributed by atoms with van der Waals surface area (Å²) in [5, 5.41) is 11.0. The number of piperidine rings is 4. The quantitative estimate of drug-likeness (QED) is 0.864. The number of aliphatic hydroxyl groups is 1. The number of nitrogens with zero attached hydrogens (tertiary/aromatic N) is 2. The van der Waals surface area contributed by atoms with Crippen molar-refractivity contribution in [2.45, 2.75) is 62.4 Å². The van der Waals surface area contributed by atoms with Gasteiger partial charge >= 0.3 is 0 Å². The van der Waals surface area contributed by atoms with Gasteiger partial charge < -0.3 is 10.0 Å². The Morgan fingerprint density at radius 2 is 2.00 bits per heavy atom. The molecule has 1 spiro atoms. The Morgan fingerprint density at radius 3 is 2.83 bits per heavy atom. The van der Waals surface area contributed by atoms with Crippen LogP contribution in [0.4, 0.5) is 5.69 Å². The summed E-state index contributed by atoms with van der Waals surface area (Å²) in [5.41, 5.74) is 3.41. The molecule has 23 heavy (non-hydrogen) atoms. The van der Waals surface area contributed by atoms with E-state index < -0.39 is 0 Å². The monoisotopic (exact) mass is 310 g/mol. The van der Waals surface area contributed by atoms with Crippen molar-refractivity contribution in [3.05, 3.63) is 29.8 Å². The Kier molecular flexibility index (Phi) is 2.27. The van der Waals surface area contributed by atoms with Crippen LogP contribution in [-0.4, -0.2) is 41.4 Å². The van der Waals surface area contributed by atoms with E-state index in [1.807, 2.05) is 0 Å². The zero-order valence-corrected chi connectivity index (χ0v) is 14.0. The number of fused-ring (bicyclic) bond motifs is 2. The first-order chi connectivity index (χ1) is 11.2. The molecule has 6 aliphatic rings. The molecule has 1 saturated carbocycles. The highest BCUT2D eigenvalue weighted by molar-refractivity contribution is 5.66. The second-order valence-corrected chi connectivity index (χ2v) is 8.77. The van der Waals surface area contributed by atoms with Gasteiger partial charge in [-0.1, -0.05) is 25.1 Å². The van der Waals surface area contributed by atoms with Crippen molar-refractivity contribution in [2.75, 3.05) is 11.9 Å². The van der Waals surface area contributed by atoms with Crippen LogP contribution in [0.3, 0.4) is 0 Å². The van der Waals surface area contributed by atoms with E-state index in [4.69, 9.17) is 0 Å². The molecule has 7 rings (SSSR count). The molecule has 5 bridgehead atoms. The van der Waals surface area contributed by atoms with E-state index in [9.17, 15) is 5.11 Å². The number of hydrogen-bond acceptors (Lipinski definition) is 3. The van der Waals surface area contributed by atoms with Gasteiger partial charge in [-0.2, -0.15) is 0 Å². The van der Waals surface area contributed by atoms with Crippen LogP contribution in [0, 0.1) is 17.8 Å². The third-order valence-electron chi connectivity index (χ3n) is 8.38. The first kappa shape index (κ1) is 13.3. The Bertz CT molecular complexity index is 690. The maximum atomic E-state index is 11.0. The van der Waals surface area contributed by atoms with Crippen molar-refractivity contribution in [1.82, 2.24) is 4.90 Å². The van der Waals surface area contributed by atoms with Crippen LogP contribution in [0.2, 0.25) is 0 Å². The Balaban J connectivity index is 1.56. The Labute approximate surface area is 138 Å². The van der Waals surface area contributed by atoms with E-state index in [2.05, 4.69) is 48.0 Å². The highest BCUT2D eigenvalue weighted by Crippen LogP contribution is 2.68. The van der Waals surface area contributed by atoms with Crippen LogP contribution in [0.25, 0.3) is 0 Å². The van der Waals surface area contributed by atoms with Crippen LogP contribution < -0.4 is 4.90 Å². The molecule has 122 valence electrons. The van der Waals surface area contributed by atoms with Gasteiger partial charge in [0.25, 0.3) is 0 Å². The predicted molar refractivity (Wildman–Crippen MR) is 90.3 cm³/mol. The molecule has 1 aromatic carbocycles. The van der Waals surface area contributed by atoms with Crippen molar-refractivity contribution in [1.29, 1.82) is 0 Å². The molecule has 0 amide bonds. The lowest BCUT2D eigenvalue weighted by Crippen LogP contribution is -2.72. The minimum Gasteiger partial charge on any atom is -0.378 e. The summed E-state index contributed by atoms with van der Waals surface area (Å²) in [4.78, 5) is 5.13. The SMILES string of the molecule is CC[C@@H]1[C@@H]2C[C@H]3[C@H]4N(C)c5ccccc5[C@@]45C[C@@H]2[C@H](C5)N3[C@H]1O. The van der Waals surface area contributed by atoms with E-state index in [-0.39, 0.29) is 6.23 Å². The standard InChI is InChI=1S/C20H26N2O/c1-3-11-12-8-16-18-20(14-6-4-5-7-15(14)21(18)2)9-13(12)17(10-20)22(16)19(11)23/h4-7,11-13,16-19,23H,3,8-10H2,1-2H3/t11-,12+,13+,16+,17+,18-,19+,20+/m1/s1. The molecule has 5 heterocycles. The molecule has 1 unspecified atom stereocenters. The molecule has 4 saturated heterocycles. The molecule has 3 nitrogen and oxygen atoms in total. The van der Waals surface area contributed by atoms with Crippen LogP contribution >= 0.6 is 0 Å². The maximum absolute atomic E-state index is 11.0. The van der Waals surface area contributed by atoms with Crippen molar-refractivity contribution in [3.8, 4) is 0 Å².